The summed E-state index contributed by atoms with van der Waals surface area (Å²) in [7, 11) is 0. The Morgan fingerprint density at radius 1 is 1.30 bits per heavy atom. The minimum Gasteiger partial charge on any atom is -0.444 e. The van der Waals surface area contributed by atoms with E-state index in [-0.39, 0.29) is 0 Å². The molecular weight excluding hydrogens is 254 g/mol. The molecule has 0 fully saturated rings. The van der Waals surface area contributed by atoms with Crippen LogP contribution in [0.3, 0.4) is 0 Å². The van der Waals surface area contributed by atoms with E-state index in [1.807, 2.05) is 57.3 Å². The van der Waals surface area contributed by atoms with E-state index in [0.29, 0.717) is 6.54 Å². The molecule has 1 N–H and O–H groups in total. The number of hydrogen-bond donors (Lipinski definition) is 1. The summed E-state index contributed by atoms with van der Waals surface area (Å²) in [5.41, 5.74) is 1.41. The standard InChI is InChI=1S/C15H19N3O2/c1-15(2,3)20-14(19)16-9-12-10-17-18(11-12)13-7-5-4-6-8-13/h4-8,10-11H,9H2,1-3H3,(H,16,19). The summed E-state index contributed by atoms with van der Waals surface area (Å²) < 4.78 is 6.94. The maximum atomic E-state index is 11.5. The number of alkyl carbamates (subject to hydrolysis) is 1. The SMILES string of the molecule is CC(C)(C)OC(=O)NCc1cnn(-c2ccccc2)c1. The van der Waals surface area contributed by atoms with Crippen LogP contribution in [-0.2, 0) is 11.3 Å². The highest BCUT2D eigenvalue weighted by molar-refractivity contribution is 5.67. The predicted molar refractivity (Wildman–Crippen MR) is 76.6 cm³/mol. The van der Waals surface area contributed by atoms with Crippen LogP contribution in [-0.4, -0.2) is 21.5 Å². The first-order valence-electron chi connectivity index (χ1n) is 6.50. The molecule has 0 bridgehead atoms. The second kappa shape index (κ2) is 5.77. The molecule has 0 saturated carbocycles. The van der Waals surface area contributed by atoms with Crippen molar-refractivity contribution in [2.75, 3.05) is 0 Å². The number of benzene rings is 1. The van der Waals surface area contributed by atoms with Gasteiger partial charge in [0.1, 0.15) is 5.60 Å². The summed E-state index contributed by atoms with van der Waals surface area (Å²) in [5, 5.41) is 6.97. The molecule has 0 saturated heterocycles. The van der Waals surface area contributed by atoms with Gasteiger partial charge in [-0.1, -0.05) is 18.2 Å². The molecule has 1 aromatic heterocycles. The van der Waals surface area contributed by atoms with Gasteiger partial charge >= 0.3 is 6.09 Å². The molecule has 0 unspecified atom stereocenters. The summed E-state index contributed by atoms with van der Waals surface area (Å²) in [5.74, 6) is 0. The van der Waals surface area contributed by atoms with E-state index in [1.54, 1.807) is 10.9 Å². The highest BCUT2D eigenvalue weighted by atomic mass is 16.6. The predicted octanol–water partition coefficient (Wildman–Crippen LogP) is 2.90. The Balaban J connectivity index is 1.92. The first-order chi connectivity index (χ1) is 9.44. The molecule has 0 radical (unpaired) electrons. The molecule has 0 aliphatic carbocycles. The van der Waals surface area contributed by atoms with Crippen molar-refractivity contribution in [2.24, 2.45) is 0 Å². The Hall–Kier alpha value is -2.30. The maximum Gasteiger partial charge on any atom is 0.407 e. The van der Waals surface area contributed by atoms with Gasteiger partial charge in [0, 0.05) is 18.3 Å². The van der Waals surface area contributed by atoms with Crippen LogP contribution in [0.15, 0.2) is 42.7 Å². The highest BCUT2D eigenvalue weighted by Crippen LogP contribution is 2.09. The Morgan fingerprint density at radius 3 is 2.65 bits per heavy atom. The summed E-state index contributed by atoms with van der Waals surface area (Å²) in [4.78, 5) is 11.5. The number of para-hydroxylation sites is 1. The molecular formula is C15H19N3O2. The van der Waals surface area contributed by atoms with Crippen LogP contribution in [0.5, 0.6) is 0 Å². The molecule has 106 valence electrons. The van der Waals surface area contributed by atoms with Gasteiger partial charge in [-0.2, -0.15) is 5.10 Å². The van der Waals surface area contributed by atoms with Crippen molar-refractivity contribution in [1.29, 1.82) is 0 Å². The number of amides is 1. The number of rotatable bonds is 3. The zero-order valence-electron chi connectivity index (χ0n) is 12.0. The van der Waals surface area contributed by atoms with Crippen LogP contribution in [0.4, 0.5) is 4.79 Å². The van der Waals surface area contributed by atoms with Gasteiger partial charge in [0.15, 0.2) is 0 Å². The van der Waals surface area contributed by atoms with Gasteiger partial charge in [0.25, 0.3) is 0 Å². The van der Waals surface area contributed by atoms with Crippen LogP contribution in [0.25, 0.3) is 5.69 Å². The fraction of sp³-hybridized carbons (Fsp3) is 0.333. The molecule has 1 aromatic carbocycles. The average Bonchev–Trinajstić information content (AvgIpc) is 2.84. The molecule has 2 aromatic rings. The number of carbonyl (C=O) groups excluding carboxylic acids is 1. The van der Waals surface area contributed by atoms with Crippen LogP contribution < -0.4 is 5.32 Å². The Labute approximate surface area is 118 Å². The normalized spacial score (nSPS) is 11.2. The van der Waals surface area contributed by atoms with Crippen LogP contribution in [0.1, 0.15) is 26.3 Å². The minimum absolute atomic E-state index is 0.391. The Morgan fingerprint density at radius 2 is 2.00 bits per heavy atom. The lowest BCUT2D eigenvalue weighted by atomic mass is 10.2. The zero-order valence-corrected chi connectivity index (χ0v) is 12.0. The summed E-state index contributed by atoms with van der Waals surface area (Å²) in [6.45, 7) is 5.89. The molecule has 0 aliphatic heterocycles. The van der Waals surface area contributed by atoms with Crippen molar-refractivity contribution < 1.29 is 9.53 Å². The highest BCUT2D eigenvalue weighted by Gasteiger charge is 2.15. The third kappa shape index (κ3) is 4.12. The lowest BCUT2D eigenvalue weighted by molar-refractivity contribution is 0.0523. The molecule has 1 heterocycles. The smallest absolute Gasteiger partial charge is 0.407 e. The van der Waals surface area contributed by atoms with Crippen LogP contribution in [0, 0.1) is 0 Å². The fourth-order valence-corrected chi connectivity index (χ4v) is 1.66. The number of nitrogens with one attached hydrogen (secondary N) is 1. The minimum atomic E-state index is -0.488. The van der Waals surface area contributed by atoms with E-state index in [9.17, 15) is 4.79 Å². The molecule has 0 aliphatic rings. The lowest BCUT2D eigenvalue weighted by Crippen LogP contribution is -2.32. The molecule has 20 heavy (non-hydrogen) atoms. The first-order valence-corrected chi connectivity index (χ1v) is 6.50. The summed E-state index contributed by atoms with van der Waals surface area (Å²) >= 11 is 0. The van der Waals surface area contributed by atoms with Crippen molar-refractivity contribution in [3.05, 3.63) is 48.3 Å². The van der Waals surface area contributed by atoms with Crippen LogP contribution >= 0.6 is 0 Å². The van der Waals surface area contributed by atoms with Crippen molar-refractivity contribution in [1.82, 2.24) is 15.1 Å². The largest absolute Gasteiger partial charge is 0.444 e. The van der Waals surface area contributed by atoms with E-state index in [0.717, 1.165) is 11.3 Å². The van der Waals surface area contributed by atoms with Crippen molar-refractivity contribution in [3.8, 4) is 5.69 Å². The summed E-state index contributed by atoms with van der Waals surface area (Å²) in [6, 6.07) is 9.80. The van der Waals surface area contributed by atoms with E-state index < -0.39 is 11.7 Å². The fourth-order valence-electron chi connectivity index (χ4n) is 1.66. The van der Waals surface area contributed by atoms with Crippen molar-refractivity contribution in [3.63, 3.8) is 0 Å². The quantitative estimate of drug-likeness (QED) is 0.935. The number of carbonyl (C=O) groups is 1. The summed E-state index contributed by atoms with van der Waals surface area (Å²) in [6.07, 6.45) is 3.18. The molecule has 1 amide bonds. The van der Waals surface area contributed by atoms with Gasteiger partial charge in [-0.05, 0) is 32.9 Å². The second-order valence-electron chi connectivity index (χ2n) is 5.48. The second-order valence-corrected chi connectivity index (χ2v) is 5.48. The lowest BCUT2D eigenvalue weighted by Gasteiger charge is -2.19. The van der Waals surface area contributed by atoms with Gasteiger partial charge in [-0.25, -0.2) is 9.48 Å². The first kappa shape index (κ1) is 14.1. The average molecular weight is 273 g/mol. The monoisotopic (exact) mass is 273 g/mol. The van der Waals surface area contributed by atoms with E-state index in [4.69, 9.17) is 4.74 Å². The van der Waals surface area contributed by atoms with E-state index >= 15 is 0 Å². The van der Waals surface area contributed by atoms with Crippen molar-refractivity contribution >= 4 is 6.09 Å². The van der Waals surface area contributed by atoms with Crippen LogP contribution in [0.2, 0.25) is 0 Å². The molecule has 5 heteroatoms. The zero-order chi connectivity index (χ0) is 14.6. The topological polar surface area (TPSA) is 56.1 Å². The van der Waals surface area contributed by atoms with E-state index in [1.165, 1.54) is 0 Å². The van der Waals surface area contributed by atoms with E-state index in [2.05, 4.69) is 10.4 Å². The number of ether oxygens (including phenoxy) is 1. The van der Waals surface area contributed by atoms with Gasteiger partial charge in [-0.3, -0.25) is 0 Å². The molecule has 2 rings (SSSR count). The Kier molecular flexibility index (Phi) is 4.08. The third-order valence-electron chi connectivity index (χ3n) is 2.49. The number of nitrogens with zero attached hydrogens (tertiary/aromatic N) is 2. The molecule has 0 atom stereocenters. The van der Waals surface area contributed by atoms with Gasteiger partial charge in [-0.15, -0.1) is 0 Å². The van der Waals surface area contributed by atoms with Gasteiger partial charge in [0.2, 0.25) is 0 Å². The molecule has 5 nitrogen and oxygen atoms in total. The van der Waals surface area contributed by atoms with Gasteiger partial charge < -0.3 is 10.1 Å². The molecule has 0 spiro atoms. The van der Waals surface area contributed by atoms with Crippen molar-refractivity contribution in [2.45, 2.75) is 32.9 Å². The third-order valence-corrected chi connectivity index (χ3v) is 2.49. The maximum absolute atomic E-state index is 11.5. The number of hydrogen-bond acceptors (Lipinski definition) is 3. The Bertz CT molecular complexity index is 570. The number of aromatic nitrogens is 2. The van der Waals surface area contributed by atoms with Gasteiger partial charge in [0.05, 0.1) is 11.9 Å².